The number of hydrogen-bond acceptors (Lipinski definition) is 3. The van der Waals surface area contributed by atoms with Gasteiger partial charge in [-0.1, -0.05) is 17.7 Å². The van der Waals surface area contributed by atoms with E-state index in [2.05, 4.69) is 5.32 Å². The summed E-state index contributed by atoms with van der Waals surface area (Å²) in [6.07, 6.45) is 3.28. The van der Waals surface area contributed by atoms with Crippen LogP contribution in [0.4, 0.5) is 13.6 Å². The van der Waals surface area contributed by atoms with Crippen LogP contribution in [0.3, 0.4) is 0 Å². The second-order valence-corrected chi connectivity index (χ2v) is 6.38. The number of benzene rings is 1. The zero-order valence-electron chi connectivity index (χ0n) is 14.1. The van der Waals surface area contributed by atoms with Gasteiger partial charge in [-0.25, -0.2) is 13.6 Å². The molecule has 4 amide bonds. The summed E-state index contributed by atoms with van der Waals surface area (Å²) in [6, 6.07) is 3.22. The number of urea groups is 1. The predicted octanol–water partition coefficient (Wildman–Crippen LogP) is 1.91. The van der Waals surface area contributed by atoms with Crippen molar-refractivity contribution in [1.29, 1.82) is 0 Å². The molecule has 0 bridgehead atoms. The molecular formula is C18H19F2N3O3. The van der Waals surface area contributed by atoms with Crippen molar-refractivity contribution in [2.24, 2.45) is 0 Å². The van der Waals surface area contributed by atoms with E-state index in [1.54, 1.807) is 4.90 Å². The van der Waals surface area contributed by atoms with Gasteiger partial charge in [-0.2, -0.15) is 0 Å². The second kappa shape index (κ2) is 7.63. The van der Waals surface area contributed by atoms with Crippen molar-refractivity contribution in [3.05, 3.63) is 41.0 Å². The van der Waals surface area contributed by atoms with E-state index in [1.165, 1.54) is 11.0 Å². The summed E-state index contributed by atoms with van der Waals surface area (Å²) < 4.78 is 26.2. The number of amides is 4. The van der Waals surface area contributed by atoms with Crippen molar-refractivity contribution < 1.29 is 23.2 Å². The third-order valence-corrected chi connectivity index (χ3v) is 4.54. The topological polar surface area (TPSA) is 69.7 Å². The van der Waals surface area contributed by atoms with Crippen LogP contribution >= 0.6 is 0 Å². The Labute approximate surface area is 149 Å². The fourth-order valence-electron chi connectivity index (χ4n) is 3.04. The molecule has 2 heterocycles. The van der Waals surface area contributed by atoms with Crippen molar-refractivity contribution in [2.45, 2.75) is 19.3 Å². The molecule has 2 saturated heterocycles. The standard InChI is InChI=1S/C18H19F2N3O3/c19-14-2-1-13(10-15(14)20)9-12-3-6-22(7-4-12)17(25)11-23-8-5-16(24)21-18(23)26/h1-2,9-10H,3-8,11H2,(H,21,24,26). The molecule has 3 rings (SSSR count). The van der Waals surface area contributed by atoms with E-state index in [0.717, 1.165) is 17.7 Å². The molecule has 0 spiro atoms. The summed E-state index contributed by atoms with van der Waals surface area (Å²) in [5.41, 5.74) is 1.65. The minimum absolute atomic E-state index is 0.0542. The lowest BCUT2D eigenvalue weighted by atomic mass is 10.0. The molecule has 2 aliphatic heterocycles. The third-order valence-electron chi connectivity index (χ3n) is 4.54. The van der Waals surface area contributed by atoms with Crippen molar-refractivity contribution in [3.8, 4) is 0 Å². The highest BCUT2D eigenvalue weighted by Gasteiger charge is 2.27. The lowest BCUT2D eigenvalue weighted by Crippen LogP contribution is -2.53. The normalized spacial score (nSPS) is 18.0. The van der Waals surface area contributed by atoms with E-state index in [4.69, 9.17) is 0 Å². The molecule has 0 radical (unpaired) electrons. The number of nitrogens with one attached hydrogen (secondary N) is 1. The van der Waals surface area contributed by atoms with Gasteiger partial charge in [0.1, 0.15) is 6.54 Å². The van der Waals surface area contributed by atoms with Gasteiger partial charge >= 0.3 is 6.03 Å². The average Bonchev–Trinajstić information content (AvgIpc) is 2.61. The van der Waals surface area contributed by atoms with Crippen molar-refractivity contribution in [1.82, 2.24) is 15.1 Å². The highest BCUT2D eigenvalue weighted by Crippen LogP contribution is 2.21. The van der Waals surface area contributed by atoms with E-state index < -0.39 is 17.7 Å². The summed E-state index contributed by atoms with van der Waals surface area (Å²) in [6.45, 7) is 1.19. The van der Waals surface area contributed by atoms with E-state index in [1.807, 2.05) is 6.08 Å². The number of piperidine rings is 1. The van der Waals surface area contributed by atoms with Crippen LogP contribution in [-0.4, -0.2) is 53.8 Å². The molecule has 26 heavy (non-hydrogen) atoms. The molecule has 0 saturated carbocycles. The molecule has 2 fully saturated rings. The van der Waals surface area contributed by atoms with Gasteiger partial charge in [0.2, 0.25) is 11.8 Å². The lowest BCUT2D eigenvalue weighted by Gasteiger charge is -2.32. The Morgan fingerprint density at radius 1 is 1.08 bits per heavy atom. The molecule has 0 aliphatic carbocycles. The van der Waals surface area contributed by atoms with Crippen LogP contribution in [0.5, 0.6) is 0 Å². The van der Waals surface area contributed by atoms with Gasteiger partial charge < -0.3 is 9.80 Å². The maximum atomic E-state index is 13.3. The van der Waals surface area contributed by atoms with Crippen molar-refractivity contribution in [2.75, 3.05) is 26.2 Å². The van der Waals surface area contributed by atoms with Crippen LogP contribution in [0.25, 0.3) is 6.08 Å². The number of carbonyl (C=O) groups is 3. The van der Waals surface area contributed by atoms with Gasteiger partial charge in [0.15, 0.2) is 11.6 Å². The fraction of sp³-hybridized carbons (Fsp3) is 0.389. The molecule has 1 aromatic carbocycles. The number of imide groups is 1. The van der Waals surface area contributed by atoms with E-state index in [0.29, 0.717) is 31.5 Å². The number of hydrogen-bond donors (Lipinski definition) is 1. The molecule has 8 heteroatoms. The van der Waals surface area contributed by atoms with Crippen LogP contribution in [0.15, 0.2) is 23.8 Å². The first kappa shape index (κ1) is 18.0. The molecule has 0 atom stereocenters. The monoisotopic (exact) mass is 363 g/mol. The molecule has 0 unspecified atom stereocenters. The first-order valence-corrected chi connectivity index (χ1v) is 8.43. The Kier molecular flexibility index (Phi) is 5.29. The Bertz CT molecular complexity index is 769. The van der Waals surface area contributed by atoms with Crippen molar-refractivity contribution in [3.63, 3.8) is 0 Å². The summed E-state index contributed by atoms with van der Waals surface area (Å²) >= 11 is 0. The van der Waals surface area contributed by atoms with Crippen LogP contribution in [0, 0.1) is 11.6 Å². The first-order valence-electron chi connectivity index (χ1n) is 8.43. The minimum atomic E-state index is -0.884. The number of carbonyl (C=O) groups excluding carboxylic acids is 3. The predicted molar refractivity (Wildman–Crippen MR) is 89.9 cm³/mol. The Hall–Kier alpha value is -2.77. The van der Waals surface area contributed by atoms with E-state index in [-0.39, 0.29) is 31.3 Å². The van der Waals surface area contributed by atoms with Crippen LogP contribution in [-0.2, 0) is 9.59 Å². The highest BCUT2D eigenvalue weighted by atomic mass is 19.2. The van der Waals surface area contributed by atoms with Crippen LogP contribution in [0.1, 0.15) is 24.8 Å². The molecule has 0 aromatic heterocycles. The van der Waals surface area contributed by atoms with E-state index >= 15 is 0 Å². The minimum Gasteiger partial charge on any atom is -0.341 e. The van der Waals surface area contributed by atoms with Gasteiger partial charge in [0, 0.05) is 26.1 Å². The number of nitrogens with zero attached hydrogens (tertiary/aromatic N) is 2. The second-order valence-electron chi connectivity index (χ2n) is 6.38. The average molecular weight is 363 g/mol. The van der Waals surface area contributed by atoms with E-state index in [9.17, 15) is 23.2 Å². The Balaban J connectivity index is 1.53. The fourth-order valence-corrected chi connectivity index (χ4v) is 3.04. The Morgan fingerprint density at radius 3 is 2.46 bits per heavy atom. The maximum absolute atomic E-state index is 13.3. The lowest BCUT2D eigenvalue weighted by molar-refractivity contribution is -0.133. The molecule has 6 nitrogen and oxygen atoms in total. The zero-order valence-corrected chi connectivity index (χ0v) is 14.1. The summed E-state index contributed by atoms with van der Waals surface area (Å²) in [4.78, 5) is 38.2. The summed E-state index contributed by atoms with van der Waals surface area (Å²) in [7, 11) is 0. The van der Waals surface area contributed by atoms with Crippen molar-refractivity contribution >= 4 is 23.9 Å². The smallest absolute Gasteiger partial charge is 0.324 e. The highest BCUT2D eigenvalue weighted by molar-refractivity contribution is 5.98. The Morgan fingerprint density at radius 2 is 1.81 bits per heavy atom. The molecule has 1 N–H and O–H groups in total. The molecule has 2 aliphatic rings. The van der Waals surface area contributed by atoms with Gasteiger partial charge in [-0.15, -0.1) is 0 Å². The largest absolute Gasteiger partial charge is 0.341 e. The first-order chi connectivity index (χ1) is 12.4. The SMILES string of the molecule is O=C1CCN(CC(=O)N2CCC(=Cc3ccc(F)c(F)c3)CC2)C(=O)N1. The van der Waals surface area contributed by atoms with Crippen LogP contribution < -0.4 is 5.32 Å². The third kappa shape index (κ3) is 4.25. The zero-order chi connectivity index (χ0) is 18.7. The quantitative estimate of drug-likeness (QED) is 0.892. The maximum Gasteiger partial charge on any atom is 0.324 e. The number of likely N-dealkylation sites (tertiary alicyclic amines) is 1. The number of halogens is 2. The van der Waals surface area contributed by atoms with Gasteiger partial charge in [0.25, 0.3) is 0 Å². The van der Waals surface area contributed by atoms with Crippen LogP contribution in [0.2, 0.25) is 0 Å². The van der Waals surface area contributed by atoms with Gasteiger partial charge in [-0.05, 0) is 30.5 Å². The molecule has 1 aromatic rings. The van der Waals surface area contributed by atoms with Gasteiger partial charge in [-0.3, -0.25) is 14.9 Å². The molecular weight excluding hydrogens is 344 g/mol. The van der Waals surface area contributed by atoms with Gasteiger partial charge in [0.05, 0.1) is 0 Å². The molecule has 138 valence electrons. The summed E-state index contributed by atoms with van der Waals surface area (Å²) in [5, 5.41) is 2.19. The number of rotatable bonds is 3. The summed E-state index contributed by atoms with van der Waals surface area (Å²) in [5.74, 6) is -2.26.